The summed E-state index contributed by atoms with van der Waals surface area (Å²) in [5.41, 5.74) is 2.53. The quantitative estimate of drug-likeness (QED) is 0.342. The van der Waals surface area contributed by atoms with Crippen molar-refractivity contribution in [1.29, 1.82) is 0 Å². The minimum atomic E-state index is 0.0689. The van der Waals surface area contributed by atoms with Gasteiger partial charge in [0.25, 0.3) is 0 Å². The minimum Gasteiger partial charge on any atom is -0.467 e. The normalized spacial score (nSPS) is 18.9. The van der Waals surface area contributed by atoms with Crippen molar-refractivity contribution in [2.24, 2.45) is 0 Å². The molecule has 0 radical (unpaired) electrons. The second-order valence-electron chi connectivity index (χ2n) is 6.87. The van der Waals surface area contributed by atoms with E-state index in [0.717, 1.165) is 30.6 Å². The summed E-state index contributed by atoms with van der Waals surface area (Å²) in [7, 11) is 3.20. The molecular weight excluding hydrogens is 320 g/mol. The lowest BCUT2D eigenvalue weighted by atomic mass is 10.0. The van der Waals surface area contributed by atoms with Gasteiger partial charge in [-0.15, -0.1) is 0 Å². The van der Waals surface area contributed by atoms with Crippen molar-refractivity contribution in [3.8, 4) is 11.5 Å². The van der Waals surface area contributed by atoms with Crippen LogP contribution in [0.3, 0.4) is 0 Å². The lowest BCUT2D eigenvalue weighted by molar-refractivity contribution is 0.0456. The number of hydrogen-bond donors (Lipinski definition) is 0. The van der Waals surface area contributed by atoms with Crippen molar-refractivity contribution in [3.05, 3.63) is 35.4 Å². The standard InChI is InChI=1S/C20H30O5/c1-15(7-11-19-20(2,3)25-19)6-8-16-9-10-17(23-13-21-4)12-18(16)24-14-22-5/h6,9-10,12,19H,7-8,11,13-14H2,1-5H3/b15-6+/t19-/m1/s1. The summed E-state index contributed by atoms with van der Waals surface area (Å²) < 4.78 is 26.8. The largest absolute Gasteiger partial charge is 0.467 e. The predicted octanol–water partition coefficient (Wildman–Crippen LogP) is 4.10. The Hall–Kier alpha value is -1.56. The van der Waals surface area contributed by atoms with Crippen LogP contribution in [0, 0.1) is 0 Å². The molecule has 5 heteroatoms. The molecule has 0 unspecified atom stereocenters. The summed E-state index contributed by atoms with van der Waals surface area (Å²) in [4.78, 5) is 0. The Morgan fingerprint density at radius 1 is 1.16 bits per heavy atom. The number of ether oxygens (including phenoxy) is 5. The first kappa shape index (κ1) is 19.8. The van der Waals surface area contributed by atoms with E-state index in [2.05, 4.69) is 26.8 Å². The molecule has 25 heavy (non-hydrogen) atoms. The molecule has 1 aromatic rings. The molecule has 1 fully saturated rings. The van der Waals surface area contributed by atoms with Crippen LogP contribution in [0.2, 0.25) is 0 Å². The molecule has 1 aliphatic rings. The third kappa shape index (κ3) is 6.34. The van der Waals surface area contributed by atoms with Gasteiger partial charge in [-0.05, 0) is 51.7 Å². The fourth-order valence-electron chi connectivity index (χ4n) is 2.66. The predicted molar refractivity (Wildman–Crippen MR) is 97.1 cm³/mol. The molecule has 1 heterocycles. The van der Waals surface area contributed by atoms with Crippen LogP contribution in [0.4, 0.5) is 0 Å². The molecule has 0 bridgehead atoms. The van der Waals surface area contributed by atoms with Crippen LogP contribution >= 0.6 is 0 Å². The summed E-state index contributed by atoms with van der Waals surface area (Å²) in [6.45, 7) is 6.87. The fourth-order valence-corrected chi connectivity index (χ4v) is 2.66. The monoisotopic (exact) mass is 350 g/mol. The average Bonchev–Trinajstić information content (AvgIpc) is 3.21. The molecule has 1 aromatic carbocycles. The summed E-state index contributed by atoms with van der Waals surface area (Å²) in [5.74, 6) is 1.48. The summed E-state index contributed by atoms with van der Waals surface area (Å²) >= 11 is 0. The molecule has 1 atom stereocenters. The highest BCUT2D eigenvalue weighted by molar-refractivity contribution is 5.42. The first-order valence-corrected chi connectivity index (χ1v) is 8.66. The smallest absolute Gasteiger partial charge is 0.188 e. The van der Waals surface area contributed by atoms with Gasteiger partial charge in [-0.25, -0.2) is 0 Å². The second kappa shape index (κ2) is 9.22. The SMILES string of the molecule is COCOc1ccc(C/C=C(\C)CC[C@H]2OC2(C)C)c(OCOC)c1. The van der Waals surface area contributed by atoms with Crippen LogP contribution in [-0.2, 0) is 20.6 Å². The van der Waals surface area contributed by atoms with E-state index in [4.69, 9.17) is 23.7 Å². The van der Waals surface area contributed by atoms with Crippen LogP contribution in [-0.4, -0.2) is 39.5 Å². The van der Waals surface area contributed by atoms with Gasteiger partial charge in [-0.1, -0.05) is 17.7 Å². The number of benzene rings is 1. The molecule has 0 aromatic heterocycles. The first-order valence-electron chi connectivity index (χ1n) is 8.66. The van der Waals surface area contributed by atoms with Crippen molar-refractivity contribution in [2.45, 2.75) is 51.7 Å². The highest BCUT2D eigenvalue weighted by Gasteiger charge is 2.46. The molecule has 2 rings (SSSR count). The van der Waals surface area contributed by atoms with E-state index in [-0.39, 0.29) is 19.2 Å². The Balaban J connectivity index is 1.94. The molecule has 0 amide bonds. The van der Waals surface area contributed by atoms with E-state index in [1.165, 1.54) is 5.57 Å². The van der Waals surface area contributed by atoms with E-state index < -0.39 is 0 Å². The van der Waals surface area contributed by atoms with Gasteiger partial charge < -0.3 is 23.7 Å². The van der Waals surface area contributed by atoms with Crippen molar-refractivity contribution in [1.82, 2.24) is 0 Å². The maximum absolute atomic E-state index is 5.68. The zero-order valence-electron chi connectivity index (χ0n) is 16.0. The Morgan fingerprint density at radius 2 is 1.84 bits per heavy atom. The van der Waals surface area contributed by atoms with E-state index in [1.54, 1.807) is 14.2 Å². The maximum atomic E-state index is 5.68. The minimum absolute atomic E-state index is 0.0689. The maximum Gasteiger partial charge on any atom is 0.188 e. The number of allylic oxidation sites excluding steroid dienone is 2. The van der Waals surface area contributed by atoms with Crippen LogP contribution in [0.1, 0.15) is 39.2 Å². The third-order valence-corrected chi connectivity index (χ3v) is 4.35. The number of hydrogen-bond acceptors (Lipinski definition) is 5. The Morgan fingerprint density at radius 3 is 2.48 bits per heavy atom. The molecule has 140 valence electrons. The molecular formula is C20H30O5. The number of rotatable bonds is 11. The van der Waals surface area contributed by atoms with Gasteiger partial charge in [0.1, 0.15) is 11.5 Å². The Kier molecular flexibility index (Phi) is 7.29. The van der Waals surface area contributed by atoms with E-state index in [9.17, 15) is 0 Å². The third-order valence-electron chi connectivity index (χ3n) is 4.35. The lowest BCUT2D eigenvalue weighted by Gasteiger charge is -2.12. The van der Waals surface area contributed by atoms with Crippen molar-refractivity contribution >= 4 is 0 Å². The van der Waals surface area contributed by atoms with Crippen LogP contribution in [0.15, 0.2) is 29.8 Å². The summed E-state index contributed by atoms with van der Waals surface area (Å²) in [6, 6.07) is 5.82. The molecule has 0 saturated carbocycles. The Labute approximate surface area is 150 Å². The van der Waals surface area contributed by atoms with Gasteiger partial charge in [0.2, 0.25) is 0 Å². The van der Waals surface area contributed by atoms with Gasteiger partial charge in [-0.3, -0.25) is 0 Å². The highest BCUT2D eigenvalue weighted by Crippen LogP contribution is 2.39. The van der Waals surface area contributed by atoms with Crippen molar-refractivity contribution < 1.29 is 23.7 Å². The van der Waals surface area contributed by atoms with Crippen LogP contribution < -0.4 is 9.47 Å². The van der Waals surface area contributed by atoms with Gasteiger partial charge in [0, 0.05) is 20.3 Å². The van der Waals surface area contributed by atoms with Gasteiger partial charge in [-0.2, -0.15) is 0 Å². The Bertz CT molecular complexity index is 579. The van der Waals surface area contributed by atoms with E-state index >= 15 is 0 Å². The number of epoxide rings is 1. The molecule has 1 aliphatic heterocycles. The van der Waals surface area contributed by atoms with E-state index in [1.807, 2.05) is 18.2 Å². The summed E-state index contributed by atoms with van der Waals surface area (Å²) in [5, 5.41) is 0. The second-order valence-corrected chi connectivity index (χ2v) is 6.87. The van der Waals surface area contributed by atoms with Gasteiger partial charge in [0.05, 0.1) is 11.7 Å². The van der Waals surface area contributed by atoms with Crippen LogP contribution in [0.25, 0.3) is 0 Å². The highest BCUT2D eigenvalue weighted by atomic mass is 16.7. The average molecular weight is 350 g/mol. The number of methoxy groups -OCH3 is 2. The first-order chi connectivity index (χ1) is 12.0. The van der Waals surface area contributed by atoms with E-state index in [0.29, 0.717) is 11.9 Å². The van der Waals surface area contributed by atoms with Crippen molar-refractivity contribution in [3.63, 3.8) is 0 Å². The van der Waals surface area contributed by atoms with Crippen molar-refractivity contribution in [2.75, 3.05) is 27.8 Å². The van der Waals surface area contributed by atoms with Crippen LogP contribution in [0.5, 0.6) is 11.5 Å². The zero-order valence-corrected chi connectivity index (χ0v) is 16.0. The topological polar surface area (TPSA) is 49.5 Å². The zero-order chi connectivity index (χ0) is 18.3. The molecule has 0 N–H and O–H groups in total. The lowest BCUT2D eigenvalue weighted by Crippen LogP contribution is -2.04. The molecule has 5 nitrogen and oxygen atoms in total. The molecule has 0 spiro atoms. The summed E-state index contributed by atoms with van der Waals surface area (Å²) in [6.07, 6.45) is 5.59. The van der Waals surface area contributed by atoms with Gasteiger partial charge in [0.15, 0.2) is 13.6 Å². The molecule has 0 aliphatic carbocycles. The van der Waals surface area contributed by atoms with Gasteiger partial charge >= 0.3 is 0 Å². The fraction of sp³-hybridized carbons (Fsp3) is 0.600. The molecule has 1 saturated heterocycles.